The van der Waals surface area contributed by atoms with Crippen LogP contribution in [0.25, 0.3) is 0 Å². The highest BCUT2D eigenvalue weighted by atomic mass is 32.2. The lowest BCUT2D eigenvalue weighted by Gasteiger charge is -2.49. The first-order valence-electron chi connectivity index (χ1n) is 12.3. The average Bonchev–Trinajstić information content (AvgIpc) is 3.14. The molecule has 3 fully saturated rings. The average molecular weight is 499 g/mol. The van der Waals surface area contributed by atoms with Gasteiger partial charge in [-0.1, -0.05) is 0 Å². The van der Waals surface area contributed by atoms with Crippen LogP contribution in [0.3, 0.4) is 0 Å². The summed E-state index contributed by atoms with van der Waals surface area (Å²) in [5.74, 6) is 0.674. The molecule has 3 amide bonds. The van der Waals surface area contributed by atoms with Crippen LogP contribution in [0.5, 0.6) is 0 Å². The van der Waals surface area contributed by atoms with Crippen LogP contribution in [-0.4, -0.2) is 93.9 Å². The summed E-state index contributed by atoms with van der Waals surface area (Å²) in [5, 5.41) is 6.23. The van der Waals surface area contributed by atoms with Gasteiger partial charge in [0.2, 0.25) is 11.8 Å². The molecule has 0 unspecified atom stereocenters. The fourth-order valence-electron chi connectivity index (χ4n) is 4.66. The monoisotopic (exact) mass is 498 g/mol. The van der Waals surface area contributed by atoms with E-state index >= 15 is 0 Å². The summed E-state index contributed by atoms with van der Waals surface area (Å²) in [6.45, 7) is 15.5. The molecule has 0 aromatic rings. The molecule has 3 atom stereocenters. The number of carbonyl (C=O) groups is 3. The van der Waals surface area contributed by atoms with Crippen LogP contribution in [0.15, 0.2) is 0 Å². The van der Waals surface area contributed by atoms with Gasteiger partial charge in [-0.25, -0.2) is 4.79 Å². The molecule has 3 aliphatic heterocycles. The largest absolute Gasteiger partial charge is 0.444 e. The fraction of sp³-hybridized carbons (Fsp3) is 0.875. The molecular weight excluding hydrogens is 456 g/mol. The summed E-state index contributed by atoms with van der Waals surface area (Å²) in [6.07, 6.45) is 2.13. The Kier molecular flexibility index (Phi) is 8.14. The second kappa shape index (κ2) is 10.2. The lowest BCUT2D eigenvalue weighted by Crippen LogP contribution is -2.71. The van der Waals surface area contributed by atoms with E-state index in [2.05, 4.69) is 10.6 Å². The molecule has 9 nitrogen and oxygen atoms in total. The summed E-state index contributed by atoms with van der Waals surface area (Å²) < 4.78 is 11.4. The lowest BCUT2D eigenvalue weighted by atomic mass is 10.0. The first-order chi connectivity index (χ1) is 15.7. The quantitative estimate of drug-likeness (QED) is 0.600. The number of amides is 3. The SMILES string of the molecule is C[C@@H](OC(C)(C)C)[C@H](NC(=O)OC(C)(C)C)C(=O)N1CC2(C1)N[C@H](C(=O)N1CCCCC1)CS2. The number of likely N-dealkylation sites (tertiary alicyclic amines) is 2. The predicted molar refractivity (Wildman–Crippen MR) is 133 cm³/mol. The first-order valence-corrected chi connectivity index (χ1v) is 13.3. The van der Waals surface area contributed by atoms with E-state index in [0.717, 1.165) is 25.9 Å². The highest BCUT2D eigenvalue weighted by Gasteiger charge is 2.53. The zero-order valence-corrected chi connectivity index (χ0v) is 22.5. The minimum absolute atomic E-state index is 0.172. The molecule has 3 rings (SSSR count). The number of piperidine rings is 1. The number of carbonyl (C=O) groups excluding carboxylic acids is 3. The molecule has 194 valence electrons. The van der Waals surface area contributed by atoms with Crippen LogP contribution in [0.2, 0.25) is 0 Å². The molecule has 3 aliphatic rings. The third kappa shape index (κ3) is 7.01. The highest BCUT2D eigenvalue weighted by molar-refractivity contribution is 8.01. The number of alkyl carbamates (subject to hydrolysis) is 1. The van der Waals surface area contributed by atoms with Crippen molar-refractivity contribution in [3.63, 3.8) is 0 Å². The minimum atomic E-state index is -0.872. The Morgan fingerprint density at radius 2 is 1.62 bits per heavy atom. The summed E-state index contributed by atoms with van der Waals surface area (Å²) in [4.78, 5) is 42.2. The van der Waals surface area contributed by atoms with E-state index in [1.807, 2.05) is 25.7 Å². The van der Waals surface area contributed by atoms with Crippen LogP contribution in [0, 0.1) is 0 Å². The van der Waals surface area contributed by atoms with Crippen molar-refractivity contribution < 1.29 is 23.9 Å². The molecular formula is C24H42N4O5S. The second-order valence-corrected chi connectivity index (χ2v) is 13.0. The summed E-state index contributed by atoms with van der Waals surface area (Å²) in [6, 6.07) is -1.08. The maximum absolute atomic E-state index is 13.4. The molecule has 34 heavy (non-hydrogen) atoms. The topological polar surface area (TPSA) is 100 Å². The number of thioether (sulfide) groups is 1. The zero-order chi connectivity index (χ0) is 25.3. The van der Waals surface area contributed by atoms with Crippen molar-refractivity contribution in [2.24, 2.45) is 0 Å². The van der Waals surface area contributed by atoms with Gasteiger partial charge in [0.15, 0.2) is 0 Å². The molecule has 3 saturated heterocycles. The van der Waals surface area contributed by atoms with Crippen LogP contribution in [0.1, 0.15) is 67.7 Å². The maximum Gasteiger partial charge on any atom is 0.408 e. The van der Waals surface area contributed by atoms with Crippen molar-refractivity contribution in [2.75, 3.05) is 31.9 Å². The van der Waals surface area contributed by atoms with Gasteiger partial charge in [-0.3, -0.25) is 14.9 Å². The third-order valence-electron chi connectivity index (χ3n) is 6.08. The van der Waals surface area contributed by atoms with E-state index < -0.39 is 29.4 Å². The van der Waals surface area contributed by atoms with Gasteiger partial charge in [-0.05, 0) is 67.7 Å². The molecule has 1 spiro atoms. The van der Waals surface area contributed by atoms with Crippen LogP contribution in [-0.2, 0) is 19.1 Å². The minimum Gasteiger partial charge on any atom is -0.444 e. The summed E-state index contributed by atoms with van der Waals surface area (Å²) in [7, 11) is 0. The van der Waals surface area contributed by atoms with E-state index in [1.54, 1.807) is 44.4 Å². The molecule has 0 aromatic carbocycles. The number of hydrogen-bond acceptors (Lipinski definition) is 7. The number of hydrogen-bond donors (Lipinski definition) is 2. The van der Waals surface area contributed by atoms with Gasteiger partial charge >= 0.3 is 6.09 Å². The predicted octanol–water partition coefficient (Wildman–Crippen LogP) is 2.34. The molecule has 0 saturated carbocycles. The van der Waals surface area contributed by atoms with Gasteiger partial charge in [0, 0.05) is 18.8 Å². The zero-order valence-electron chi connectivity index (χ0n) is 21.7. The van der Waals surface area contributed by atoms with Crippen molar-refractivity contribution >= 4 is 29.7 Å². The number of rotatable bonds is 5. The normalized spacial score (nSPS) is 24.4. The standard InChI is InChI=1S/C24H42N4O5S/c1-16(32-22(2,3)4)18(25-21(31)33-23(5,6)7)20(30)28-14-24(15-28)26-17(13-34-24)19(29)27-11-9-8-10-12-27/h16-18,26H,8-15H2,1-7H3,(H,25,31)/t16-,17+,18+/m1/s1. The molecule has 2 N–H and O–H groups in total. The molecule has 0 bridgehead atoms. The maximum atomic E-state index is 13.4. The Hall–Kier alpha value is -1.52. The van der Waals surface area contributed by atoms with E-state index in [-0.39, 0.29) is 22.7 Å². The van der Waals surface area contributed by atoms with Crippen molar-refractivity contribution in [1.82, 2.24) is 20.4 Å². The number of nitrogens with zero attached hydrogens (tertiary/aromatic N) is 2. The molecule has 0 aliphatic carbocycles. The smallest absolute Gasteiger partial charge is 0.408 e. The number of nitrogens with one attached hydrogen (secondary N) is 2. The molecule has 3 heterocycles. The Balaban J connectivity index is 1.60. The van der Waals surface area contributed by atoms with E-state index in [9.17, 15) is 14.4 Å². The Morgan fingerprint density at radius 3 is 2.18 bits per heavy atom. The first kappa shape index (κ1) is 27.1. The van der Waals surface area contributed by atoms with Crippen LogP contribution >= 0.6 is 11.8 Å². The van der Waals surface area contributed by atoms with Gasteiger partial charge < -0.3 is 24.6 Å². The van der Waals surface area contributed by atoms with Gasteiger partial charge in [0.25, 0.3) is 0 Å². The van der Waals surface area contributed by atoms with Gasteiger partial charge in [0.1, 0.15) is 16.5 Å². The second-order valence-electron chi connectivity index (χ2n) is 11.6. The van der Waals surface area contributed by atoms with Crippen molar-refractivity contribution in [3.05, 3.63) is 0 Å². The third-order valence-corrected chi connectivity index (χ3v) is 7.51. The van der Waals surface area contributed by atoms with E-state index in [0.29, 0.717) is 18.8 Å². The van der Waals surface area contributed by atoms with E-state index in [1.165, 1.54) is 6.42 Å². The highest BCUT2D eigenvalue weighted by Crippen LogP contribution is 2.39. The van der Waals surface area contributed by atoms with Crippen molar-refractivity contribution in [1.29, 1.82) is 0 Å². The van der Waals surface area contributed by atoms with Crippen LogP contribution in [0.4, 0.5) is 4.79 Å². The van der Waals surface area contributed by atoms with Crippen molar-refractivity contribution in [2.45, 2.75) is 102 Å². The fourth-order valence-corrected chi connectivity index (χ4v) is 6.09. The Labute approximate surface area is 208 Å². The molecule has 0 aromatic heterocycles. The van der Waals surface area contributed by atoms with Gasteiger partial charge in [0.05, 0.1) is 30.8 Å². The number of ether oxygens (including phenoxy) is 2. The summed E-state index contributed by atoms with van der Waals surface area (Å²) in [5.41, 5.74) is -1.15. The Morgan fingerprint density at radius 1 is 1.00 bits per heavy atom. The lowest BCUT2D eigenvalue weighted by molar-refractivity contribution is -0.147. The van der Waals surface area contributed by atoms with Crippen molar-refractivity contribution in [3.8, 4) is 0 Å². The Bertz CT molecular complexity index is 766. The molecule has 0 radical (unpaired) electrons. The summed E-state index contributed by atoms with van der Waals surface area (Å²) >= 11 is 1.71. The van der Waals surface area contributed by atoms with Crippen LogP contribution < -0.4 is 10.6 Å². The molecule has 10 heteroatoms. The van der Waals surface area contributed by atoms with Gasteiger partial charge in [-0.2, -0.15) is 0 Å². The van der Waals surface area contributed by atoms with Gasteiger partial charge in [-0.15, -0.1) is 11.8 Å². The van der Waals surface area contributed by atoms with E-state index in [4.69, 9.17) is 9.47 Å².